The van der Waals surface area contributed by atoms with E-state index in [1.54, 1.807) is 31.4 Å². The topological polar surface area (TPSA) is 46.6 Å². The number of anilines is 1. The van der Waals surface area contributed by atoms with Gasteiger partial charge in [0.15, 0.2) is 0 Å². The van der Waals surface area contributed by atoms with Gasteiger partial charge in [-0.2, -0.15) is 0 Å². The summed E-state index contributed by atoms with van der Waals surface area (Å²) in [5.41, 5.74) is 2.10. The molecule has 2 aromatic rings. The van der Waals surface area contributed by atoms with Crippen LogP contribution in [0.4, 0.5) is 10.5 Å². The van der Waals surface area contributed by atoms with Crippen LogP contribution >= 0.6 is 23.4 Å². The number of carbonyl (C=O) groups is 2. The molecule has 0 spiro atoms. The summed E-state index contributed by atoms with van der Waals surface area (Å²) >= 11 is 6.90. The van der Waals surface area contributed by atoms with Gasteiger partial charge in [0.25, 0.3) is 11.1 Å². The number of halogens is 1. The molecule has 122 valence electrons. The lowest BCUT2D eigenvalue weighted by Gasteiger charge is -2.13. The van der Waals surface area contributed by atoms with E-state index >= 15 is 0 Å². The number of carbonyl (C=O) groups excluding carboxylic acids is 2. The average molecular weight is 360 g/mol. The number of ether oxygens (including phenoxy) is 1. The van der Waals surface area contributed by atoms with Gasteiger partial charge in [0.05, 0.1) is 17.7 Å². The molecule has 0 aromatic heterocycles. The molecular formula is C18H14ClNO3S. The molecule has 0 aliphatic carbocycles. The highest BCUT2D eigenvalue weighted by Gasteiger charge is 2.37. The average Bonchev–Trinajstić information content (AvgIpc) is 2.89. The Labute approximate surface area is 149 Å². The van der Waals surface area contributed by atoms with Crippen LogP contribution in [0.5, 0.6) is 5.75 Å². The van der Waals surface area contributed by atoms with Crippen molar-refractivity contribution in [3.63, 3.8) is 0 Å². The van der Waals surface area contributed by atoms with Crippen LogP contribution in [0.1, 0.15) is 12.5 Å². The molecule has 0 saturated carbocycles. The van der Waals surface area contributed by atoms with E-state index in [2.05, 4.69) is 0 Å². The van der Waals surface area contributed by atoms with Crippen molar-refractivity contribution in [2.75, 3.05) is 12.0 Å². The molecular weight excluding hydrogens is 346 g/mol. The van der Waals surface area contributed by atoms with Crippen LogP contribution in [0.3, 0.4) is 0 Å². The molecule has 0 bridgehead atoms. The standard InChI is InChI=1S/C18H14ClNO3S/c1-11(12-6-8-15(23-2)9-7-12)16-17(21)20(18(22)24-16)14-5-3-4-13(19)10-14/h3-10H,1-2H3/b16-11-. The summed E-state index contributed by atoms with van der Waals surface area (Å²) in [5.74, 6) is 0.402. The van der Waals surface area contributed by atoms with Gasteiger partial charge in [-0.1, -0.05) is 29.8 Å². The molecule has 1 saturated heterocycles. The summed E-state index contributed by atoms with van der Waals surface area (Å²) in [6, 6.07) is 14.1. The Balaban J connectivity index is 1.97. The summed E-state index contributed by atoms with van der Waals surface area (Å²) in [7, 11) is 1.60. The van der Waals surface area contributed by atoms with Gasteiger partial charge in [-0.15, -0.1) is 0 Å². The Morgan fingerprint density at radius 1 is 1.12 bits per heavy atom. The van der Waals surface area contributed by atoms with Crippen molar-refractivity contribution in [1.29, 1.82) is 0 Å². The maximum absolute atomic E-state index is 12.7. The van der Waals surface area contributed by atoms with Gasteiger partial charge in [0.2, 0.25) is 0 Å². The number of nitrogens with zero attached hydrogens (tertiary/aromatic N) is 1. The van der Waals surface area contributed by atoms with Gasteiger partial charge in [0.1, 0.15) is 5.75 Å². The minimum absolute atomic E-state index is 0.329. The molecule has 3 rings (SSSR count). The zero-order valence-electron chi connectivity index (χ0n) is 13.1. The number of thioether (sulfide) groups is 1. The first-order chi connectivity index (χ1) is 11.5. The van der Waals surface area contributed by atoms with Gasteiger partial charge in [-0.3, -0.25) is 9.59 Å². The summed E-state index contributed by atoms with van der Waals surface area (Å²) in [4.78, 5) is 26.6. The van der Waals surface area contributed by atoms with Crippen LogP contribution in [-0.4, -0.2) is 18.3 Å². The van der Waals surface area contributed by atoms with E-state index in [1.165, 1.54) is 0 Å². The van der Waals surface area contributed by atoms with Crippen molar-refractivity contribution in [3.8, 4) is 5.75 Å². The monoisotopic (exact) mass is 359 g/mol. The molecule has 1 aliphatic rings. The van der Waals surface area contributed by atoms with Crippen molar-refractivity contribution >= 4 is 45.8 Å². The van der Waals surface area contributed by atoms with E-state index in [-0.39, 0.29) is 11.1 Å². The SMILES string of the molecule is COc1ccc(/C(C)=C2\SC(=O)N(c3cccc(Cl)c3)C2=O)cc1. The quantitative estimate of drug-likeness (QED) is 0.725. The molecule has 2 amide bonds. The van der Waals surface area contributed by atoms with E-state index in [0.29, 0.717) is 15.6 Å². The number of amides is 2. The second kappa shape index (κ2) is 6.71. The number of hydrogen-bond donors (Lipinski definition) is 0. The van der Waals surface area contributed by atoms with Crippen LogP contribution < -0.4 is 9.64 Å². The normalized spacial score (nSPS) is 16.5. The minimum atomic E-state index is -0.333. The van der Waals surface area contributed by atoms with Crippen molar-refractivity contribution in [2.24, 2.45) is 0 Å². The van der Waals surface area contributed by atoms with E-state index < -0.39 is 0 Å². The third-order valence-electron chi connectivity index (χ3n) is 3.70. The van der Waals surface area contributed by atoms with Gasteiger partial charge < -0.3 is 4.74 Å². The largest absolute Gasteiger partial charge is 0.497 e. The number of benzene rings is 2. The fourth-order valence-corrected chi connectivity index (χ4v) is 3.50. The third-order valence-corrected chi connectivity index (χ3v) is 4.98. The molecule has 0 unspecified atom stereocenters. The number of allylic oxidation sites excluding steroid dienone is 1. The van der Waals surface area contributed by atoms with E-state index in [0.717, 1.165) is 33.5 Å². The fourth-order valence-electron chi connectivity index (χ4n) is 2.41. The predicted molar refractivity (Wildman–Crippen MR) is 97.5 cm³/mol. The smallest absolute Gasteiger partial charge is 0.298 e. The lowest BCUT2D eigenvalue weighted by Crippen LogP contribution is -2.27. The molecule has 24 heavy (non-hydrogen) atoms. The van der Waals surface area contributed by atoms with E-state index in [9.17, 15) is 9.59 Å². The Morgan fingerprint density at radius 3 is 2.46 bits per heavy atom. The molecule has 4 nitrogen and oxygen atoms in total. The van der Waals surface area contributed by atoms with Gasteiger partial charge >= 0.3 is 0 Å². The Hall–Kier alpha value is -2.24. The first-order valence-electron chi connectivity index (χ1n) is 7.18. The maximum Gasteiger partial charge on any atom is 0.298 e. The van der Waals surface area contributed by atoms with Crippen LogP contribution in [0.25, 0.3) is 5.57 Å². The molecule has 1 fully saturated rings. The molecule has 1 heterocycles. The molecule has 0 atom stereocenters. The van der Waals surface area contributed by atoms with Crippen LogP contribution in [0, 0.1) is 0 Å². The predicted octanol–water partition coefficient (Wildman–Crippen LogP) is 4.98. The van der Waals surface area contributed by atoms with Crippen LogP contribution in [0.15, 0.2) is 53.4 Å². The van der Waals surface area contributed by atoms with Crippen LogP contribution in [-0.2, 0) is 4.79 Å². The molecule has 0 N–H and O–H groups in total. The van der Waals surface area contributed by atoms with E-state index in [1.807, 2.05) is 31.2 Å². The second-order valence-electron chi connectivity index (χ2n) is 5.17. The molecule has 2 aromatic carbocycles. The lowest BCUT2D eigenvalue weighted by atomic mass is 10.1. The number of rotatable bonds is 3. The maximum atomic E-state index is 12.7. The summed E-state index contributed by atoms with van der Waals surface area (Å²) in [5, 5.41) is 0.146. The summed E-state index contributed by atoms with van der Waals surface area (Å²) < 4.78 is 5.14. The van der Waals surface area contributed by atoms with Gasteiger partial charge in [-0.05, 0) is 60.2 Å². The van der Waals surface area contributed by atoms with E-state index in [4.69, 9.17) is 16.3 Å². The van der Waals surface area contributed by atoms with Crippen molar-refractivity contribution in [2.45, 2.75) is 6.92 Å². The van der Waals surface area contributed by atoms with Gasteiger partial charge in [-0.25, -0.2) is 4.90 Å². The highest BCUT2D eigenvalue weighted by Crippen LogP contribution is 2.39. The Kier molecular flexibility index (Phi) is 4.64. The van der Waals surface area contributed by atoms with Crippen molar-refractivity contribution in [1.82, 2.24) is 0 Å². The molecule has 0 radical (unpaired) electrons. The van der Waals surface area contributed by atoms with Crippen LogP contribution in [0.2, 0.25) is 5.02 Å². The van der Waals surface area contributed by atoms with Gasteiger partial charge in [0, 0.05) is 5.02 Å². The third kappa shape index (κ3) is 3.05. The fraction of sp³-hybridized carbons (Fsp3) is 0.111. The number of imide groups is 1. The molecule has 1 aliphatic heterocycles. The first-order valence-corrected chi connectivity index (χ1v) is 8.38. The highest BCUT2D eigenvalue weighted by molar-refractivity contribution is 8.19. The zero-order chi connectivity index (χ0) is 17.3. The first kappa shape index (κ1) is 16.6. The Morgan fingerprint density at radius 2 is 1.83 bits per heavy atom. The Bertz CT molecular complexity index is 846. The number of hydrogen-bond acceptors (Lipinski definition) is 4. The highest BCUT2D eigenvalue weighted by atomic mass is 35.5. The summed E-state index contributed by atoms with van der Waals surface area (Å²) in [6.45, 7) is 1.83. The molecule has 6 heteroatoms. The minimum Gasteiger partial charge on any atom is -0.497 e. The van der Waals surface area contributed by atoms with Crippen molar-refractivity contribution < 1.29 is 14.3 Å². The van der Waals surface area contributed by atoms with Crippen molar-refractivity contribution in [3.05, 3.63) is 64.0 Å². The summed E-state index contributed by atoms with van der Waals surface area (Å²) in [6.07, 6.45) is 0. The number of methoxy groups -OCH3 is 1. The second-order valence-corrected chi connectivity index (χ2v) is 6.57. The lowest BCUT2D eigenvalue weighted by molar-refractivity contribution is -0.113. The zero-order valence-corrected chi connectivity index (χ0v) is 14.6.